The number of likely N-dealkylation sites (tertiary alicyclic amines) is 1. The molecule has 166 valence electrons. The summed E-state index contributed by atoms with van der Waals surface area (Å²) in [4.78, 5) is 44.1. The lowest BCUT2D eigenvalue weighted by Gasteiger charge is -2.29. The van der Waals surface area contributed by atoms with Crippen LogP contribution in [-0.2, 0) is 11.3 Å². The van der Waals surface area contributed by atoms with Crippen LogP contribution in [0.2, 0.25) is 0 Å². The summed E-state index contributed by atoms with van der Waals surface area (Å²) in [6.45, 7) is 5.35. The number of carbonyl (C=O) groups is 2. The number of carbonyl (C=O) groups excluding carboxylic acids is 2. The third kappa shape index (κ3) is 4.56. The predicted octanol–water partition coefficient (Wildman–Crippen LogP) is 2.88. The van der Waals surface area contributed by atoms with E-state index in [1.165, 1.54) is 0 Å². The Morgan fingerprint density at radius 1 is 1.03 bits per heavy atom. The number of rotatable bonds is 5. The monoisotopic (exact) mass is 432 g/mol. The average molecular weight is 433 g/mol. The number of hydrogen-bond acceptors (Lipinski definition) is 4. The molecule has 2 amide bonds. The van der Waals surface area contributed by atoms with Gasteiger partial charge in [0.15, 0.2) is 0 Å². The summed E-state index contributed by atoms with van der Waals surface area (Å²) >= 11 is 0. The van der Waals surface area contributed by atoms with Crippen molar-refractivity contribution in [3.05, 3.63) is 75.7 Å². The Bertz CT molecular complexity index is 1190. The first kappa shape index (κ1) is 21.7. The first-order valence-corrected chi connectivity index (χ1v) is 11.1. The van der Waals surface area contributed by atoms with Crippen LogP contribution in [0.25, 0.3) is 11.0 Å². The second kappa shape index (κ2) is 9.34. The van der Waals surface area contributed by atoms with Gasteiger partial charge in [0, 0.05) is 18.7 Å². The van der Waals surface area contributed by atoms with Crippen LogP contribution in [0.5, 0.6) is 0 Å². The fourth-order valence-electron chi connectivity index (χ4n) is 4.15. The highest BCUT2D eigenvalue weighted by atomic mass is 16.2. The Morgan fingerprint density at radius 2 is 1.72 bits per heavy atom. The maximum atomic E-state index is 12.7. The van der Waals surface area contributed by atoms with Gasteiger partial charge >= 0.3 is 0 Å². The zero-order chi connectivity index (χ0) is 22.7. The Morgan fingerprint density at radius 3 is 2.44 bits per heavy atom. The maximum absolute atomic E-state index is 12.7. The molecule has 1 saturated heterocycles. The molecule has 1 aliphatic rings. The van der Waals surface area contributed by atoms with E-state index in [-0.39, 0.29) is 17.4 Å². The number of aromatic nitrogens is 2. The minimum atomic E-state index is -0.565. The number of para-hydroxylation sites is 2. The zero-order valence-corrected chi connectivity index (χ0v) is 18.5. The topological polar surface area (TPSA) is 84.3 Å². The third-order valence-electron chi connectivity index (χ3n) is 5.96. The molecule has 0 spiro atoms. The van der Waals surface area contributed by atoms with Gasteiger partial charge in [0.1, 0.15) is 11.7 Å². The molecule has 7 heteroatoms. The summed E-state index contributed by atoms with van der Waals surface area (Å²) in [6, 6.07) is 14.1. The summed E-state index contributed by atoms with van der Waals surface area (Å²) in [5.41, 5.74) is 3.25. The summed E-state index contributed by atoms with van der Waals surface area (Å²) in [6.07, 6.45) is 3.18. The minimum absolute atomic E-state index is 0.0334. The van der Waals surface area contributed by atoms with Gasteiger partial charge in [-0.3, -0.25) is 14.4 Å². The molecule has 3 aromatic rings. The van der Waals surface area contributed by atoms with E-state index in [0.29, 0.717) is 17.8 Å². The fourth-order valence-corrected chi connectivity index (χ4v) is 4.15. The molecule has 2 aromatic carbocycles. The third-order valence-corrected chi connectivity index (χ3v) is 5.96. The Labute approximate surface area is 187 Å². The number of aryl methyl sites for hydroxylation is 1. The number of nitrogens with zero attached hydrogens (tertiary/aromatic N) is 3. The highest BCUT2D eigenvalue weighted by molar-refractivity contribution is 5.97. The normalized spacial score (nSPS) is 14.9. The smallest absolute Gasteiger partial charge is 0.272 e. The molecule has 2 heterocycles. The van der Waals surface area contributed by atoms with Crippen LogP contribution in [0.15, 0.2) is 53.3 Å². The Hall–Kier alpha value is -3.48. The van der Waals surface area contributed by atoms with Crippen molar-refractivity contribution in [3.63, 3.8) is 0 Å². The van der Waals surface area contributed by atoms with Gasteiger partial charge in [0.2, 0.25) is 5.91 Å². The van der Waals surface area contributed by atoms with Gasteiger partial charge < -0.3 is 14.8 Å². The lowest BCUT2D eigenvalue weighted by molar-refractivity contribution is -0.133. The molecule has 32 heavy (non-hydrogen) atoms. The van der Waals surface area contributed by atoms with Crippen LogP contribution in [0.3, 0.4) is 0 Å². The van der Waals surface area contributed by atoms with E-state index in [0.717, 1.165) is 48.9 Å². The fraction of sp³-hybridized carbons (Fsp3) is 0.360. The van der Waals surface area contributed by atoms with Gasteiger partial charge in [-0.15, -0.1) is 0 Å². The Balaban J connectivity index is 1.46. The largest absolute Gasteiger partial charge is 0.341 e. The van der Waals surface area contributed by atoms with Crippen LogP contribution >= 0.6 is 0 Å². The quantitative estimate of drug-likeness (QED) is 0.672. The van der Waals surface area contributed by atoms with Gasteiger partial charge in [0.05, 0.1) is 17.6 Å². The number of hydrogen-bond donors (Lipinski definition) is 1. The molecule has 0 radical (unpaired) electrons. The highest BCUT2D eigenvalue weighted by Crippen LogP contribution is 2.14. The molecule has 0 saturated carbocycles. The van der Waals surface area contributed by atoms with Gasteiger partial charge in [-0.05, 0) is 62.9 Å². The molecular weight excluding hydrogens is 404 g/mol. The zero-order valence-electron chi connectivity index (χ0n) is 18.5. The highest BCUT2D eigenvalue weighted by Gasteiger charge is 2.23. The van der Waals surface area contributed by atoms with Crippen molar-refractivity contribution in [2.75, 3.05) is 13.1 Å². The summed E-state index contributed by atoms with van der Waals surface area (Å²) < 4.78 is 1.70. The van der Waals surface area contributed by atoms with Gasteiger partial charge in [-0.1, -0.05) is 24.3 Å². The van der Waals surface area contributed by atoms with Crippen LogP contribution < -0.4 is 10.9 Å². The Kier molecular flexibility index (Phi) is 6.35. The lowest BCUT2D eigenvalue weighted by Crippen LogP contribution is -2.48. The molecule has 4 rings (SSSR count). The average Bonchev–Trinajstić information content (AvgIpc) is 2.82. The molecule has 1 unspecified atom stereocenters. The maximum Gasteiger partial charge on any atom is 0.272 e. The molecule has 1 atom stereocenters. The van der Waals surface area contributed by atoms with Crippen molar-refractivity contribution in [1.29, 1.82) is 0 Å². The second-order valence-corrected chi connectivity index (χ2v) is 8.36. The summed E-state index contributed by atoms with van der Waals surface area (Å²) in [5, 5.41) is 2.81. The van der Waals surface area contributed by atoms with Crippen molar-refractivity contribution in [2.45, 2.75) is 45.7 Å². The van der Waals surface area contributed by atoms with Crippen molar-refractivity contribution in [2.24, 2.45) is 0 Å². The van der Waals surface area contributed by atoms with Gasteiger partial charge in [-0.25, -0.2) is 4.98 Å². The van der Waals surface area contributed by atoms with E-state index in [1.54, 1.807) is 30.5 Å². The number of amides is 2. The van der Waals surface area contributed by atoms with E-state index in [1.807, 2.05) is 41.3 Å². The molecule has 7 nitrogen and oxygen atoms in total. The van der Waals surface area contributed by atoms with Crippen molar-refractivity contribution in [1.82, 2.24) is 19.8 Å². The molecule has 1 aliphatic heterocycles. The number of benzene rings is 2. The number of fused-ring (bicyclic) bond motifs is 1. The molecular formula is C25H28N4O3. The number of piperidine rings is 1. The van der Waals surface area contributed by atoms with E-state index < -0.39 is 6.04 Å². The molecule has 1 aromatic heterocycles. The van der Waals surface area contributed by atoms with E-state index in [2.05, 4.69) is 10.3 Å². The van der Waals surface area contributed by atoms with E-state index >= 15 is 0 Å². The van der Waals surface area contributed by atoms with Gasteiger partial charge in [-0.2, -0.15) is 0 Å². The molecule has 0 bridgehead atoms. The predicted molar refractivity (Wildman–Crippen MR) is 124 cm³/mol. The minimum Gasteiger partial charge on any atom is -0.341 e. The van der Waals surface area contributed by atoms with Crippen LogP contribution in [0, 0.1) is 6.92 Å². The van der Waals surface area contributed by atoms with Crippen molar-refractivity contribution >= 4 is 22.8 Å². The molecule has 1 fully saturated rings. The molecule has 0 aliphatic carbocycles. The van der Waals surface area contributed by atoms with Crippen LogP contribution in [-0.4, -0.2) is 45.4 Å². The lowest BCUT2D eigenvalue weighted by atomic mass is 10.1. The van der Waals surface area contributed by atoms with Crippen LogP contribution in [0.1, 0.15) is 47.8 Å². The standard InChI is InChI=1S/C25H28N4O3/c1-17(24(31)28-14-6-3-7-15-28)27-23(30)20-12-10-19(11-13-20)16-29-22-9-5-4-8-21(22)26-18(2)25(29)32/h4-5,8-13,17H,3,6-7,14-16H2,1-2H3,(H,27,30). The van der Waals surface area contributed by atoms with Crippen LogP contribution in [0.4, 0.5) is 0 Å². The molecule has 1 N–H and O–H groups in total. The number of nitrogens with one attached hydrogen (secondary N) is 1. The summed E-state index contributed by atoms with van der Waals surface area (Å²) in [5.74, 6) is -0.314. The van der Waals surface area contributed by atoms with Gasteiger partial charge in [0.25, 0.3) is 11.5 Å². The van der Waals surface area contributed by atoms with Crippen molar-refractivity contribution < 1.29 is 9.59 Å². The van der Waals surface area contributed by atoms with Crippen molar-refractivity contribution in [3.8, 4) is 0 Å². The SMILES string of the molecule is Cc1nc2ccccc2n(Cc2ccc(C(=O)NC(C)C(=O)N3CCCCC3)cc2)c1=O. The first-order chi connectivity index (χ1) is 15.4. The summed E-state index contributed by atoms with van der Waals surface area (Å²) in [7, 11) is 0. The van der Waals surface area contributed by atoms with E-state index in [4.69, 9.17) is 0 Å². The van der Waals surface area contributed by atoms with E-state index in [9.17, 15) is 14.4 Å². The second-order valence-electron chi connectivity index (χ2n) is 8.36. The first-order valence-electron chi connectivity index (χ1n) is 11.1.